The number of hydrogen-bond donors (Lipinski definition) is 2. The molecule has 2 nitrogen and oxygen atoms in total. The largest absolute Gasteiger partial charge is 0.395 e. The number of nitrogens with two attached hydrogens (primary N) is 1. The van der Waals surface area contributed by atoms with Gasteiger partial charge in [-0.05, 0) is 29.8 Å². The highest BCUT2D eigenvalue weighted by molar-refractivity contribution is 5.66. The lowest BCUT2D eigenvalue weighted by Crippen LogP contribution is -2.03. The highest BCUT2D eigenvalue weighted by Gasteiger charge is 2.03. The lowest BCUT2D eigenvalue weighted by molar-refractivity contribution is 0.625. The van der Waals surface area contributed by atoms with Gasteiger partial charge < -0.3 is 11.1 Å². The molecule has 0 fully saturated rings. The van der Waals surface area contributed by atoms with Crippen LogP contribution in [0.4, 0.5) is 20.2 Å². The van der Waals surface area contributed by atoms with Crippen molar-refractivity contribution < 1.29 is 8.78 Å². The summed E-state index contributed by atoms with van der Waals surface area (Å²) in [7, 11) is 0. The molecule has 0 heterocycles. The predicted octanol–water partition coefficient (Wildman–Crippen LogP) is 3.16. The van der Waals surface area contributed by atoms with E-state index in [1.807, 2.05) is 0 Å². The lowest BCUT2D eigenvalue weighted by atomic mass is 10.2. The summed E-state index contributed by atoms with van der Waals surface area (Å²) in [5.74, 6) is -0.759. The molecule has 0 radical (unpaired) electrons. The van der Waals surface area contributed by atoms with Crippen molar-refractivity contribution >= 4 is 11.4 Å². The number of rotatable bonds is 3. The van der Waals surface area contributed by atoms with Gasteiger partial charge in [-0.3, -0.25) is 0 Å². The maximum atomic E-state index is 13.1. The molecular formula is C13H12F2N2. The first-order chi connectivity index (χ1) is 8.16. The molecule has 0 atom stereocenters. The maximum absolute atomic E-state index is 13.1. The highest BCUT2D eigenvalue weighted by Crippen LogP contribution is 2.21. The minimum atomic E-state index is -0.464. The molecule has 2 aromatic rings. The third-order valence-corrected chi connectivity index (χ3v) is 2.42. The van der Waals surface area contributed by atoms with Crippen LogP contribution in [-0.4, -0.2) is 0 Å². The molecule has 17 heavy (non-hydrogen) atoms. The summed E-state index contributed by atoms with van der Waals surface area (Å²) in [6.07, 6.45) is 0. The Kier molecular flexibility index (Phi) is 3.23. The first-order valence-electron chi connectivity index (χ1n) is 5.19. The zero-order valence-electron chi connectivity index (χ0n) is 9.08. The highest BCUT2D eigenvalue weighted by atomic mass is 19.1. The zero-order valence-corrected chi connectivity index (χ0v) is 9.08. The van der Waals surface area contributed by atoms with E-state index in [-0.39, 0.29) is 11.5 Å². The Balaban J connectivity index is 2.10. The molecule has 0 unspecified atom stereocenters. The fourth-order valence-corrected chi connectivity index (χ4v) is 1.54. The number of halogens is 2. The van der Waals surface area contributed by atoms with E-state index in [4.69, 9.17) is 5.73 Å². The first-order valence-corrected chi connectivity index (χ1v) is 5.19. The molecule has 0 bridgehead atoms. The Labute approximate surface area is 98.1 Å². The minimum Gasteiger partial charge on any atom is -0.395 e. The lowest BCUT2D eigenvalue weighted by Gasteiger charge is -2.09. The molecule has 0 aliphatic heterocycles. The molecule has 3 N–H and O–H groups in total. The van der Waals surface area contributed by atoms with Crippen LogP contribution in [0.3, 0.4) is 0 Å². The molecule has 0 aliphatic carbocycles. The number of anilines is 2. The van der Waals surface area contributed by atoms with Crippen LogP contribution in [0.5, 0.6) is 0 Å². The predicted molar refractivity (Wildman–Crippen MR) is 64.5 cm³/mol. The third kappa shape index (κ3) is 2.72. The smallest absolute Gasteiger partial charge is 0.148 e. The van der Waals surface area contributed by atoms with Crippen molar-refractivity contribution in [3.8, 4) is 0 Å². The van der Waals surface area contributed by atoms with Crippen molar-refractivity contribution in [2.24, 2.45) is 0 Å². The van der Waals surface area contributed by atoms with Gasteiger partial charge in [0.25, 0.3) is 0 Å². The topological polar surface area (TPSA) is 38.0 Å². The van der Waals surface area contributed by atoms with Gasteiger partial charge in [0.05, 0.1) is 11.4 Å². The molecule has 0 amide bonds. The van der Waals surface area contributed by atoms with E-state index in [1.54, 1.807) is 24.3 Å². The van der Waals surface area contributed by atoms with Gasteiger partial charge >= 0.3 is 0 Å². The summed E-state index contributed by atoms with van der Waals surface area (Å²) in [5, 5.41) is 2.97. The van der Waals surface area contributed by atoms with Crippen LogP contribution in [0.15, 0.2) is 42.5 Å². The fourth-order valence-electron chi connectivity index (χ4n) is 1.54. The Morgan fingerprint density at radius 2 is 1.82 bits per heavy atom. The van der Waals surface area contributed by atoms with Gasteiger partial charge in [0.1, 0.15) is 11.6 Å². The van der Waals surface area contributed by atoms with E-state index >= 15 is 0 Å². The van der Waals surface area contributed by atoms with E-state index < -0.39 is 5.82 Å². The molecule has 0 saturated carbocycles. The molecule has 0 aliphatic rings. The molecule has 4 heteroatoms. The maximum Gasteiger partial charge on any atom is 0.148 e. The third-order valence-electron chi connectivity index (χ3n) is 2.42. The van der Waals surface area contributed by atoms with E-state index in [0.717, 1.165) is 5.56 Å². The van der Waals surface area contributed by atoms with Crippen molar-refractivity contribution in [3.63, 3.8) is 0 Å². The van der Waals surface area contributed by atoms with Crippen molar-refractivity contribution in [1.29, 1.82) is 0 Å². The van der Waals surface area contributed by atoms with Crippen LogP contribution >= 0.6 is 0 Å². The van der Waals surface area contributed by atoms with Gasteiger partial charge in [-0.25, -0.2) is 8.78 Å². The second-order valence-electron chi connectivity index (χ2n) is 3.68. The Morgan fingerprint density at radius 3 is 2.59 bits per heavy atom. The summed E-state index contributed by atoms with van der Waals surface area (Å²) in [5.41, 5.74) is 6.92. The quantitative estimate of drug-likeness (QED) is 0.800. The van der Waals surface area contributed by atoms with Crippen molar-refractivity contribution in [1.82, 2.24) is 0 Å². The van der Waals surface area contributed by atoms with Crippen molar-refractivity contribution in [3.05, 3.63) is 59.7 Å². The molecular weight excluding hydrogens is 222 g/mol. The summed E-state index contributed by atoms with van der Waals surface area (Å²) in [6, 6.07) is 10.7. The number of hydrogen-bond acceptors (Lipinski definition) is 2. The van der Waals surface area contributed by atoms with Crippen molar-refractivity contribution in [2.45, 2.75) is 6.54 Å². The number of para-hydroxylation sites is 1. The molecule has 88 valence electrons. The normalized spacial score (nSPS) is 10.2. The van der Waals surface area contributed by atoms with E-state index in [2.05, 4.69) is 5.32 Å². The molecule has 2 aromatic carbocycles. The van der Waals surface area contributed by atoms with Crippen molar-refractivity contribution in [2.75, 3.05) is 11.1 Å². The van der Waals surface area contributed by atoms with Crippen LogP contribution in [0.2, 0.25) is 0 Å². The Morgan fingerprint density at radius 1 is 1.06 bits per heavy atom. The van der Waals surface area contributed by atoms with Crippen LogP contribution in [0.1, 0.15) is 5.56 Å². The summed E-state index contributed by atoms with van der Waals surface area (Å²) >= 11 is 0. The fraction of sp³-hybridized carbons (Fsp3) is 0.0769. The standard InChI is InChI=1S/C13H12F2N2/c14-10-4-1-3-9(7-10)8-17-12-6-2-5-11(15)13(12)16/h1-7,17H,8,16H2. The Hall–Kier alpha value is -2.10. The van der Waals surface area contributed by atoms with Gasteiger partial charge in [-0.15, -0.1) is 0 Å². The summed E-state index contributed by atoms with van der Waals surface area (Å²) < 4.78 is 26.1. The van der Waals surface area contributed by atoms with Crippen LogP contribution in [0.25, 0.3) is 0 Å². The summed E-state index contributed by atoms with van der Waals surface area (Å²) in [4.78, 5) is 0. The molecule has 2 rings (SSSR count). The average molecular weight is 234 g/mol. The second-order valence-corrected chi connectivity index (χ2v) is 3.68. The van der Waals surface area contributed by atoms with Gasteiger partial charge in [-0.1, -0.05) is 18.2 Å². The minimum absolute atomic E-state index is 0.0731. The molecule has 0 saturated heterocycles. The van der Waals surface area contributed by atoms with Gasteiger partial charge in [0.2, 0.25) is 0 Å². The van der Waals surface area contributed by atoms with Gasteiger partial charge in [-0.2, -0.15) is 0 Å². The van der Waals surface area contributed by atoms with Crippen LogP contribution in [-0.2, 0) is 6.54 Å². The number of benzene rings is 2. The average Bonchev–Trinajstić information content (AvgIpc) is 2.31. The summed E-state index contributed by atoms with van der Waals surface area (Å²) in [6.45, 7) is 0.394. The second kappa shape index (κ2) is 4.82. The zero-order chi connectivity index (χ0) is 12.3. The first kappa shape index (κ1) is 11.4. The Bertz CT molecular complexity index is 527. The van der Waals surface area contributed by atoms with E-state index in [9.17, 15) is 8.78 Å². The molecule has 0 aromatic heterocycles. The van der Waals surface area contributed by atoms with E-state index in [0.29, 0.717) is 12.2 Å². The number of nitrogen functional groups attached to an aromatic ring is 1. The monoisotopic (exact) mass is 234 g/mol. The van der Waals surface area contributed by atoms with Gasteiger partial charge in [0, 0.05) is 6.54 Å². The molecule has 0 spiro atoms. The van der Waals surface area contributed by atoms with Crippen LogP contribution < -0.4 is 11.1 Å². The SMILES string of the molecule is Nc1c(F)cccc1NCc1cccc(F)c1. The number of nitrogens with one attached hydrogen (secondary N) is 1. The van der Waals surface area contributed by atoms with Crippen LogP contribution in [0, 0.1) is 11.6 Å². The van der Waals surface area contributed by atoms with E-state index in [1.165, 1.54) is 18.2 Å². The van der Waals surface area contributed by atoms with Gasteiger partial charge in [0.15, 0.2) is 0 Å².